The van der Waals surface area contributed by atoms with Gasteiger partial charge >= 0.3 is 0 Å². The third kappa shape index (κ3) is 3.86. The van der Waals surface area contributed by atoms with Crippen molar-refractivity contribution in [3.8, 4) is 0 Å². The van der Waals surface area contributed by atoms with E-state index in [0.717, 1.165) is 29.0 Å². The van der Waals surface area contributed by atoms with Gasteiger partial charge in [0.15, 0.2) is 5.16 Å². The minimum atomic E-state index is 0.758. The van der Waals surface area contributed by atoms with Crippen LogP contribution in [0.4, 0.5) is 17.3 Å². The Hall–Kier alpha value is -1.75. The average Bonchev–Trinajstić information content (AvgIpc) is 2.39. The number of benzene rings is 1. The van der Waals surface area contributed by atoms with Crippen LogP contribution in [0.15, 0.2) is 35.5 Å². The first-order valence-corrected chi connectivity index (χ1v) is 7.44. The van der Waals surface area contributed by atoms with Crippen LogP contribution in [0, 0.1) is 6.92 Å². The lowest BCUT2D eigenvalue weighted by Gasteiger charge is -2.10. The number of thioether (sulfide) groups is 1. The number of rotatable bonds is 5. The van der Waals surface area contributed by atoms with Crippen LogP contribution in [0.2, 0.25) is 0 Å². The molecule has 0 spiro atoms. The first-order chi connectivity index (χ1) is 9.21. The van der Waals surface area contributed by atoms with Crippen molar-refractivity contribution in [2.24, 2.45) is 0 Å². The summed E-state index contributed by atoms with van der Waals surface area (Å²) in [4.78, 5) is 8.86. The zero-order valence-electron chi connectivity index (χ0n) is 11.4. The highest BCUT2D eigenvalue weighted by Crippen LogP contribution is 2.21. The highest BCUT2D eigenvalue weighted by atomic mass is 32.2. The predicted molar refractivity (Wildman–Crippen MR) is 82.4 cm³/mol. The third-order valence-electron chi connectivity index (χ3n) is 2.54. The minimum Gasteiger partial charge on any atom is -0.370 e. The largest absolute Gasteiger partial charge is 0.370 e. The summed E-state index contributed by atoms with van der Waals surface area (Å²) in [6, 6.07) is 10.1. The number of hydrogen-bond acceptors (Lipinski definition) is 5. The molecule has 0 radical (unpaired) electrons. The van der Waals surface area contributed by atoms with Crippen LogP contribution in [-0.2, 0) is 0 Å². The molecule has 0 saturated carbocycles. The molecular weight excluding hydrogens is 256 g/mol. The Bertz CT molecular complexity index is 557. The van der Waals surface area contributed by atoms with Gasteiger partial charge in [0.05, 0.1) is 0 Å². The maximum Gasteiger partial charge on any atom is 0.191 e. The molecule has 0 aliphatic carbocycles. The molecule has 2 rings (SSSR count). The maximum absolute atomic E-state index is 4.46. The van der Waals surface area contributed by atoms with E-state index in [4.69, 9.17) is 0 Å². The molecule has 0 unspecified atom stereocenters. The second-order valence-corrected chi connectivity index (χ2v) is 4.92. The summed E-state index contributed by atoms with van der Waals surface area (Å²) in [6.45, 7) is 4.96. The van der Waals surface area contributed by atoms with E-state index in [1.54, 1.807) is 0 Å². The first kappa shape index (κ1) is 13.7. The van der Waals surface area contributed by atoms with Gasteiger partial charge in [0.2, 0.25) is 0 Å². The van der Waals surface area contributed by atoms with Gasteiger partial charge in [-0.2, -0.15) is 0 Å². The summed E-state index contributed by atoms with van der Waals surface area (Å²) < 4.78 is 0. The van der Waals surface area contributed by atoms with Crippen molar-refractivity contribution in [1.82, 2.24) is 9.97 Å². The molecule has 0 atom stereocenters. The van der Waals surface area contributed by atoms with Crippen molar-refractivity contribution in [1.29, 1.82) is 0 Å². The molecule has 1 heterocycles. The summed E-state index contributed by atoms with van der Waals surface area (Å²) in [5, 5.41) is 7.29. The molecule has 100 valence electrons. The van der Waals surface area contributed by atoms with Gasteiger partial charge in [0, 0.05) is 18.3 Å². The van der Waals surface area contributed by atoms with E-state index >= 15 is 0 Å². The van der Waals surface area contributed by atoms with Gasteiger partial charge in [0.25, 0.3) is 0 Å². The standard InChI is InChI=1S/C14H18N4S/c1-4-15-12-9-13(18-14(17-12)19-3)16-11-7-5-6-10(2)8-11/h5-9H,4H2,1-3H3,(H2,15,16,17,18). The van der Waals surface area contributed by atoms with Crippen LogP contribution in [0.5, 0.6) is 0 Å². The van der Waals surface area contributed by atoms with Crippen molar-refractivity contribution < 1.29 is 0 Å². The Morgan fingerprint density at radius 2 is 1.95 bits per heavy atom. The van der Waals surface area contributed by atoms with E-state index < -0.39 is 0 Å². The molecule has 19 heavy (non-hydrogen) atoms. The molecule has 2 N–H and O–H groups in total. The van der Waals surface area contributed by atoms with E-state index in [9.17, 15) is 0 Å². The van der Waals surface area contributed by atoms with E-state index in [-0.39, 0.29) is 0 Å². The Kier molecular flexibility index (Phi) is 4.63. The minimum absolute atomic E-state index is 0.758. The second kappa shape index (κ2) is 6.43. The molecule has 2 aromatic rings. The van der Waals surface area contributed by atoms with Gasteiger partial charge in [-0.15, -0.1) is 0 Å². The molecule has 0 fully saturated rings. The fourth-order valence-corrected chi connectivity index (χ4v) is 2.10. The molecule has 0 aliphatic heterocycles. The Morgan fingerprint density at radius 1 is 1.16 bits per heavy atom. The quantitative estimate of drug-likeness (QED) is 0.643. The predicted octanol–water partition coefficient (Wildman–Crippen LogP) is 3.68. The maximum atomic E-state index is 4.46. The summed E-state index contributed by atoms with van der Waals surface area (Å²) in [5.41, 5.74) is 2.25. The smallest absolute Gasteiger partial charge is 0.191 e. The topological polar surface area (TPSA) is 49.8 Å². The summed E-state index contributed by atoms with van der Waals surface area (Å²) >= 11 is 1.53. The van der Waals surface area contributed by atoms with Crippen molar-refractivity contribution in [3.05, 3.63) is 35.9 Å². The van der Waals surface area contributed by atoms with Crippen LogP contribution < -0.4 is 10.6 Å². The van der Waals surface area contributed by atoms with Gasteiger partial charge in [-0.05, 0) is 37.8 Å². The van der Waals surface area contributed by atoms with Gasteiger partial charge in [-0.25, -0.2) is 9.97 Å². The number of aromatic nitrogens is 2. The molecule has 0 saturated heterocycles. The number of aryl methyl sites for hydroxylation is 1. The van der Waals surface area contributed by atoms with Crippen molar-refractivity contribution in [2.45, 2.75) is 19.0 Å². The summed E-state index contributed by atoms with van der Waals surface area (Å²) in [5.74, 6) is 1.65. The van der Waals surface area contributed by atoms with Gasteiger partial charge in [0.1, 0.15) is 11.6 Å². The van der Waals surface area contributed by atoms with Crippen molar-refractivity contribution >= 4 is 29.1 Å². The highest BCUT2D eigenvalue weighted by molar-refractivity contribution is 7.98. The Labute approximate surface area is 118 Å². The van der Waals surface area contributed by atoms with Gasteiger partial charge in [-0.1, -0.05) is 23.9 Å². The Morgan fingerprint density at radius 3 is 2.63 bits per heavy atom. The molecule has 4 nitrogen and oxygen atoms in total. The number of hydrogen-bond donors (Lipinski definition) is 2. The van der Waals surface area contributed by atoms with Crippen molar-refractivity contribution in [2.75, 3.05) is 23.4 Å². The van der Waals surface area contributed by atoms with E-state index in [0.29, 0.717) is 0 Å². The van der Waals surface area contributed by atoms with Gasteiger partial charge in [-0.3, -0.25) is 0 Å². The fourth-order valence-electron chi connectivity index (χ4n) is 1.72. The summed E-state index contributed by atoms with van der Waals surface area (Å²) in [6.07, 6.45) is 1.97. The molecule has 1 aromatic heterocycles. The van der Waals surface area contributed by atoms with Crippen LogP contribution in [0.25, 0.3) is 0 Å². The molecule has 5 heteroatoms. The zero-order valence-corrected chi connectivity index (χ0v) is 12.2. The van der Waals surface area contributed by atoms with Crippen LogP contribution >= 0.6 is 11.8 Å². The van der Waals surface area contributed by atoms with E-state index in [1.165, 1.54) is 17.3 Å². The average molecular weight is 274 g/mol. The van der Waals surface area contributed by atoms with Gasteiger partial charge < -0.3 is 10.6 Å². The van der Waals surface area contributed by atoms with Crippen molar-refractivity contribution in [3.63, 3.8) is 0 Å². The fraction of sp³-hybridized carbons (Fsp3) is 0.286. The molecule has 0 bridgehead atoms. The summed E-state index contributed by atoms with van der Waals surface area (Å²) in [7, 11) is 0. The SMILES string of the molecule is CCNc1cc(Nc2cccc(C)c2)nc(SC)n1. The second-order valence-electron chi connectivity index (χ2n) is 4.15. The normalized spacial score (nSPS) is 10.3. The Balaban J connectivity index is 2.26. The highest BCUT2D eigenvalue weighted by Gasteiger charge is 2.04. The number of nitrogens with zero attached hydrogens (tertiary/aromatic N) is 2. The lowest BCUT2D eigenvalue weighted by atomic mass is 10.2. The van der Waals surface area contributed by atoms with Crippen LogP contribution in [-0.4, -0.2) is 22.8 Å². The van der Waals surface area contributed by atoms with Crippen LogP contribution in [0.3, 0.4) is 0 Å². The van der Waals surface area contributed by atoms with Crippen LogP contribution in [0.1, 0.15) is 12.5 Å². The van der Waals surface area contributed by atoms with E-state index in [1.807, 2.05) is 24.5 Å². The first-order valence-electron chi connectivity index (χ1n) is 6.22. The molecule has 0 aliphatic rings. The monoisotopic (exact) mass is 274 g/mol. The lowest BCUT2D eigenvalue weighted by Crippen LogP contribution is -2.03. The number of anilines is 3. The van der Waals surface area contributed by atoms with E-state index in [2.05, 4.69) is 46.6 Å². The third-order valence-corrected chi connectivity index (χ3v) is 3.08. The lowest BCUT2D eigenvalue weighted by molar-refractivity contribution is 0.967. The molecule has 0 amide bonds. The molecular formula is C14H18N4S. The number of nitrogens with one attached hydrogen (secondary N) is 2. The molecule has 1 aromatic carbocycles. The zero-order chi connectivity index (χ0) is 13.7.